The van der Waals surface area contributed by atoms with E-state index in [2.05, 4.69) is 24.3 Å². The highest BCUT2D eigenvalue weighted by molar-refractivity contribution is 5.79. The smallest absolute Gasteiger partial charge is 0.308 e. The molecule has 118 valence electrons. The number of aliphatic carboxylic acids is 1. The molecule has 4 nitrogen and oxygen atoms in total. The number of carbonyl (C=O) groups excluding carboxylic acids is 1. The van der Waals surface area contributed by atoms with Crippen molar-refractivity contribution in [2.75, 3.05) is 13.1 Å². The van der Waals surface area contributed by atoms with Gasteiger partial charge in [0.2, 0.25) is 5.91 Å². The molecule has 1 aromatic rings. The molecule has 1 N–H and O–H groups in total. The Bertz CT molecular complexity index is 583. The highest BCUT2D eigenvalue weighted by Gasteiger charge is 2.37. The molecule has 0 saturated carbocycles. The molecule has 1 aliphatic heterocycles. The maximum absolute atomic E-state index is 12.5. The van der Waals surface area contributed by atoms with Crippen LogP contribution in [0.15, 0.2) is 24.3 Å². The van der Waals surface area contributed by atoms with Gasteiger partial charge in [-0.15, -0.1) is 0 Å². The number of nitrogens with zero attached hydrogens (tertiary/aromatic N) is 1. The van der Waals surface area contributed by atoms with E-state index >= 15 is 0 Å². The van der Waals surface area contributed by atoms with Gasteiger partial charge in [0.15, 0.2) is 0 Å². The van der Waals surface area contributed by atoms with E-state index in [1.807, 2.05) is 6.92 Å². The first kappa shape index (κ1) is 15.1. The first-order valence-corrected chi connectivity index (χ1v) is 8.12. The van der Waals surface area contributed by atoms with Gasteiger partial charge in [-0.1, -0.05) is 31.2 Å². The fraction of sp³-hybridized carbons (Fsp3) is 0.556. The summed E-state index contributed by atoms with van der Waals surface area (Å²) in [4.78, 5) is 25.4. The maximum Gasteiger partial charge on any atom is 0.308 e. The van der Waals surface area contributed by atoms with Gasteiger partial charge in [-0.25, -0.2) is 0 Å². The quantitative estimate of drug-likeness (QED) is 0.932. The Morgan fingerprint density at radius 2 is 1.95 bits per heavy atom. The molecule has 1 amide bonds. The fourth-order valence-corrected chi connectivity index (χ4v) is 3.82. The van der Waals surface area contributed by atoms with E-state index in [0.717, 1.165) is 19.3 Å². The lowest BCUT2D eigenvalue weighted by molar-refractivity contribution is -0.142. The average molecular weight is 301 g/mol. The zero-order chi connectivity index (χ0) is 15.7. The molecule has 0 bridgehead atoms. The Morgan fingerprint density at radius 1 is 1.23 bits per heavy atom. The van der Waals surface area contributed by atoms with Crippen LogP contribution in [0.5, 0.6) is 0 Å². The number of carboxylic acids is 1. The third-order valence-electron chi connectivity index (χ3n) is 5.19. The highest BCUT2D eigenvalue weighted by atomic mass is 16.4. The summed E-state index contributed by atoms with van der Waals surface area (Å²) >= 11 is 0. The largest absolute Gasteiger partial charge is 0.481 e. The molecule has 1 fully saturated rings. The van der Waals surface area contributed by atoms with Gasteiger partial charge in [0.25, 0.3) is 0 Å². The van der Waals surface area contributed by atoms with Crippen LogP contribution in [-0.4, -0.2) is 35.0 Å². The van der Waals surface area contributed by atoms with Crippen molar-refractivity contribution in [1.82, 2.24) is 4.90 Å². The van der Waals surface area contributed by atoms with Gasteiger partial charge in [0.1, 0.15) is 0 Å². The SMILES string of the molecule is C[C@@H]1CN(C(=O)CC2CCc3ccccc3C2)C[C@H]1C(=O)O. The molecule has 22 heavy (non-hydrogen) atoms. The maximum atomic E-state index is 12.5. The number of benzene rings is 1. The van der Waals surface area contributed by atoms with Gasteiger partial charge < -0.3 is 10.0 Å². The molecule has 3 rings (SSSR count). The molecule has 4 heteroatoms. The Hall–Kier alpha value is -1.84. The topological polar surface area (TPSA) is 57.6 Å². The molecule has 1 aliphatic carbocycles. The first-order valence-electron chi connectivity index (χ1n) is 8.12. The summed E-state index contributed by atoms with van der Waals surface area (Å²) in [5.41, 5.74) is 2.77. The Labute approximate surface area is 131 Å². The van der Waals surface area contributed by atoms with Gasteiger partial charge in [-0.2, -0.15) is 0 Å². The number of rotatable bonds is 3. The van der Waals surface area contributed by atoms with Crippen LogP contribution in [0.3, 0.4) is 0 Å². The molecule has 0 radical (unpaired) electrons. The predicted molar refractivity (Wildman–Crippen MR) is 83.4 cm³/mol. The normalized spacial score (nSPS) is 27.5. The van der Waals surface area contributed by atoms with Crippen molar-refractivity contribution in [1.29, 1.82) is 0 Å². The van der Waals surface area contributed by atoms with E-state index in [1.165, 1.54) is 11.1 Å². The zero-order valence-electron chi connectivity index (χ0n) is 13.0. The summed E-state index contributed by atoms with van der Waals surface area (Å²) in [5, 5.41) is 9.18. The van der Waals surface area contributed by atoms with E-state index in [4.69, 9.17) is 0 Å². The van der Waals surface area contributed by atoms with Gasteiger partial charge >= 0.3 is 5.97 Å². The zero-order valence-corrected chi connectivity index (χ0v) is 13.0. The van der Waals surface area contributed by atoms with E-state index < -0.39 is 11.9 Å². The van der Waals surface area contributed by atoms with Crippen molar-refractivity contribution < 1.29 is 14.7 Å². The Morgan fingerprint density at radius 3 is 2.64 bits per heavy atom. The fourth-order valence-electron chi connectivity index (χ4n) is 3.82. The van der Waals surface area contributed by atoms with Gasteiger partial charge in [-0.3, -0.25) is 9.59 Å². The first-order chi connectivity index (χ1) is 10.5. The summed E-state index contributed by atoms with van der Waals surface area (Å²) in [7, 11) is 0. The number of hydrogen-bond donors (Lipinski definition) is 1. The molecule has 2 aliphatic rings. The Kier molecular flexibility index (Phi) is 4.19. The van der Waals surface area contributed by atoms with Crippen LogP contribution in [0.4, 0.5) is 0 Å². The van der Waals surface area contributed by atoms with Crippen molar-refractivity contribution in [2.24, 2.45) is 17.8 Å². The summed E-state index contributed by atoms with van der Waals surface area (Å²) in [6.45, 7) is 2.88. The van der Waals surface area contributed by atoms with Crippen LogP contribution in [0, 0.1) is 17.8 Å². The van der Waals surface area contributed by atoms with Crippen LogP contribution in [-0.2, 0) is 22.4 Å². The standard InChI is InChI=1S/C18H23NO3/c1-12-10-19(11-16(12)18(21)22)17(20)9-13-6-7-14-4-2-3-5-15(14)8-13/h2-5,12-13,16H,6-11H2,1H3,(H,21,22)/t12-,13?,16-/m1/s1. The molecular formula is C18H23NO3. The second-order valence-corrected chi connectivity index (χ2v) is 6.80. The second-order valence-electron chi connectivity index (χ2n) is 6.80. The molecule has 1 unspecified atom stereocenters. The number of fused-ring (bicyclic) bond motifs is 1. The van der Waals surface area contributed by atoms with Crippen molar-refractivity contribution >= 4 is 11.9 Å². The second kappa shape index (κ2) is 6.11. The number of likely N-dealkylation sites (tertiary alicyclic amines) is 1. The Balaban J connectivity index is 1.58. The highest BCUT2D eigenvalue weighted by Crippen LogP contribution is 2.29. The molecule has 1 heterocycles. The number of carboxylic acid groups (broad SMARTS) is 1. The van der Waals surface area contributed by atoms with Crippen LogP contribution in [0.1, 0.15) is 30.9 Å². The third-order valence-corrected chi connectivity index (χ3v) is 5.19. The molecule has 0 spiro atoms. The molecular weight excluding hydrogens is 278 g/mol. The summed E-state index contributed by atoms with van der Waals surface area (Å²) < 4.78 is 0. The lowest BCUT2D eigenvalue weighted by atomic mass is 9.82. The minimum Gasteiger partial charge on any atom is -0.481 e. The summed E-state index contributed by atoms with van der Waals surface area (Å²) in [6, 6.07) is 8.46. The lowest BCUT2D eigenvalue weighted by Crippen LogP contribution is -2.32. The molecule has 0 aromatic heterocycles. The van der Waals surface area contributed by atoms with Crippen LogP contribution < -0.4 is 0 Å². The van der Waals surface area contributed by atoms with Crippen LogP contribution in [0.2, 0.25) is 0 Å². The predicted octanol–water partition coefficient (Wildman–Crippen LogP) is 2.36. The molecule has 1 saturated heterocycles. The molecule has 3 atom stereocenters. The van der Waals surface area contributed by atoms with Crippen molar-refractivity contribution in [3.05, 3.63) is 35.4 Å². The minimum atomic E-state index is -0.783. The van der Waals surface area contributed by atoms with Crippen molar-refractivity contribution in [2.45, 2.75) is 32.6 Å². The number of aryl methyl sites for hydroxylation is 1. The lowest BCUT2D eigenvalue weighted by Gasteiger charge is -2.26. The van der Waals surface area contributed by atoms with E-state index in [1.54, 1.807) is 4.90 Å². The van der Waals surface area contributed by atoms with Crippen LogP contribution in [0.25, 0.3) is 0 Å². The van der Waals surface area contributed by atoms with Crippen molar-refractivity contribution in [3.8, 4) is 0 Å². The van der Waals surface area contributed by atoms with Gasteiger partial charge in [0.05, 0.1) is 5.92 Å². The van der Waals surface area contributed by atoms with Gasteiger partial charge in [-0.05, 0) is 42.2 Å². The average Bonchev–Trinajstić information content (AvgIpc) is 2.89. The summed E-state index contributed by atoms with van der Waals surface area (Å²) in [6.07, 6.45) is 3.61. The van der Waals surface area contributed by atoms with E-state index in [9.17, 15) is 14.7 Å². The number of carbonyl (C=O) groups is 2. The number of amides is 1. The van der Waals surface area contributed by atoms with Gasteiger partial charge in [0, 0.05) is 19.5 Å². The van der Waals surface area contributed by atoms with Crippen molar-refractivity contribution in [3.63, 3.8) is 0 Å². The molecule has 1 aromatic carbocycles. The van der Waals surface area contributed by atoms with Crippen LogP contribution >= 0.6 is 0 Å². The third kappa shape index (κ3) is 3.01. The minimum absolute atomic E-state index is 0.0496. The number of hydrogen-bond acceptors (Lipinski definition) is 2. The summed E-state index contributed by atoms with van der Waals surface area (Å²) in [5.74, 6) is -0.625. The monoisotopic (exact) mass is 301 g/mol. The van der Waals surface area contributed by atoms with E-state index in [0.29, 0.717) is 25.4 Å². The van der Waals surface area contributed by atoms with E-state index in [-0.39, 0.29) is 11.8 Å².